The molecular formula is C10H7IOS. The van der Waals surface area contributed by atoms with E-state index in [0.29, 0.717) is 0 Å². The minimum atomic E-state index is 0.846. The summed E-state index contributed by atoms with van der Waals surface area (Å²) in [6.45, 7) is 1.99. The Balaban J connectivity index is 2.88. The molecule has 3 heteroatoms. The fraction of sp³-hybridized carbons (Fsp3) is 0.100. The van der Waals surface area contributed by atoms with Crippen LogP contribution < -0.4 is 0 Å². The molecule has 0 amide bonds. The lowest BCUT2D eigenvalue weighted by Gasteiger charge is -1.91. The van der Waals surface area contributed by atoms with Crippen LogP contribution in [0.4, 0.5) is 0 Å². The summed E-state index contributed by atoms with van der Waals surface area (Å²) in [5.41, 5.74) is 0.846. The number of halogens is 1. The average molecular weight is 302 g/mol. The van der Waals surface area contributed by atoms with Crippen molar-refractivity contribution in [1.82, 2.24) is 0 Å². The number of aryl methyl sites for hydroxylation is 1. The predicted octanol–water partition coefficient (Wildman–Crippen LogP) is 3.63. The molecule has 1 aromatic heterocycles. The second kappa shape index (κ2) is 3.38. The van der Waals surface area contributed by atoms with Crippen LogP contribution in [0.1, 0.15) is 15.2 Å². The van der Waals surface area contributed by atoms with E-state index in [-0.39, 0.29) is 0 Å². The normalized spacial score (nSPS) is 10.6. The minimum Gasteiger partial charge on any atom is -0.298 e. The van der Waals surface area contributed by atoms with Gasteiger partial charge >= 0.3 is 0 Å². The molecule has 2 rings (SSSR count). The molecule has 1 aromatic carbocycles. The van der Waals surface area contributed by atoms with Crippen LogP contribution in [-0.4, -0.2) is 6.29 Å². The molecule has 2 aromatic rings. The first kappa shape index (κ1) is 9.15. The zero-order chi connectivity index (χ0) is 9.42. The van der Waals surface area contributed by atoms with Crippen LogP contribution in [0.15, 0.2) is 18.2 Å². The molecule has 0 unspecified atom stereocenters. The molecule has 0 aliphatic carbocycles. The summed E-state index contributed by atoms with van der Waals surface area (Å²) < 4.78 is 2.37. The Hall–Kier alpha value is -0.420. The molecule has 0 atom stereocenters. The van der Waals surface area contributed by atoms with Crippen molar-refractivity contribution >= 4 is 50.3 Å². The van der Waals surface area contributed by atoms with Crippen LogP contribution in [0.25, 0.3) is 10.1 Å². The van der Waals surface area contributed by atoms with Crippen molar-refractivity contribution in [3.8, 4) is 0 Å². The average Bonchev–Trinajstić information content (AvgIpc) is 2.40. The highest BCUT2D eigenvalue weighted by Crippen LogP contribution is 2.30. The van der Waals surface area contributed by atoms with Gasteiger partial charge in [-0.15, -0.1) is 11.3 Å². The number of aldehydes is 1. The highest BCUT2D eigenvalue weighted by atomic mass is 127. The van der Waals surface area contributed by atoms with Gasteiger partial charge in [0, 0.05) is 24.1 Å². The second-order valence-electron chi connectivity index (χ2n) is 2.83. The van der Waals surface area contributed by atoms with Gasteiger partial charge in [0.15, 0.2) is 6.29 Å². The Morgan fingerprint density at radius 3 is 2.92 bits per heavy atom. The van der Waals surface area contributed by atoms with Crippen molar-refractivity contribution in [2.45, 2.75) is 6.92 Å². The molecule has 1 heterocycles. The van der Waals surface area contributed by atoms with E-state index in [2.05, 4.69) is 40.8 Å². The van der Waals surface area contributed by atoms with Gasteiger partial charge in [-0.05, 0) is 47.7 Å². The van der Waals surface area contributed by atoms with Crippen LogP contribution in [-0.2, 0) is 0 Å². The lowest BCUT2D eigenvalue weighted by molar-refractivity contribution is 0.112. The predicted molar refractivity (Wildman–Crippen MR) is 64.7 cm³/mol. The summed E-state index contributed by atoms with van der Waals surface area (Å²) in [6, 6.07) is 6.19. The van der Waals surface area contributed by atoms with E-state index >= 15 is 0 Å². The van der Waals surface area contributed by atoms with E-state index in [1.165, 1.54) is 8.27 Å². The minimum absolute atomic E-state index is 0.846. The number of carbonyl (C=O) groups is 1. The highest BCUT2D eigenvalue weighted by molar-refractivity contribution is 14.1. The third-order valence-corrected chi connectivity index (χ3v) is 3.76. The molecule has 0 fully saturated rings. The summed E-state index contributed by atoms with van der Waals surface area (Å²) in [5.74, 6) is 0. The highest BCUT2D eigenvalue weighted by Gasteiger charge is 2.07. The van der Waals surface area contributed by atoms with Crippen molar-refractivity contribution in [2.75, 3.05) is 0 Å². The summed E-state index contributed by atoms with van der Waals surface area (Å²) in [4.78, 5) is 11.9. The van der Waals surface area contributed by atoms with Gasteiger partial charge in [-0.3, -0.25) is 4.79 Å². The van der Waals surface area contributed by atoms with Gasteiger partial charge in [0.25, 0.3) is 0 Å². The zero-order valence-corrected chi connectivity index (χ0v) is 9.98. The SMILES string of the molecule is Cc1sc2ccc(I)cc2c1C=O. The van der Waals surface area contributed by atoms with Crippen molar-refractivity contribution in [3.63, 3.8) is 0 Å². The zero-order valence-electron chi connectivity index (χ0n) is 7.00. The molecule has 1 nitrogen and oxygen atoms in total. The lowest BCUT2D eigenvalue weighted by atomic mass is 10.1. The topological polar surface area (TPSA) is 17.1 Å². The first-order chi connectivity index (χ1) is 6.22. The van der Waals surface area contributed by atoms with Gasteiger partial charge in [-0.1, -0.05) is 0 Å². The van der Waals surface area contributed by atoms with Gasteiger partial charge in [0.1, 0.15) is 0 Å². The molecule has 0 saturated carbocycles. The summed E-state index contributed by atoms with van der Waals surface area (Å²) in [5, 5.41) is 1.09. The van der Waals surface area contributed by atoms with Gasteiger partial charge in [-0.25, -0.2) is 0 Å². The molecule has 0 aliphatic rings. The molecule has 0 saturated heterocycles. The quantitative estimate of drug-likeness (QED) is 0.581. The molecule has 0 bridgehead atoms. The third kappa shape index (κ3) is 1.50. The van der Waals surface area contributed by atoms with Gasteiger partial charge in [-0.2, -0.15) is 0 Å². The van der Waals surface area contributed by atoms with Crippen LogP contribution in [0.3, 0.4) is 0 Å². The molecule has 13 heavy (non-hydrogen) atoms. The Morgan fingerprint density at radius 2 is 2.23 bits per heavy atom. The Kier molecular flexibility index (Phi) is 2.38. The Morgan fingerprint density at radius 1 is 1.46 bits per heavy atom. The number of hydrogen-bond donors (Lipinski definition) is 0. The number of benzene rings is 1. The lowest BCUT2D eigenvalue weighted by Crippen LogP contribution is -1.79. The van der Waals surface area contributed by atoms with Crippen LogP contribution in [0.5, 0.6) is 0 Å². The smallest absolute Gasteiger partial charge is 0.151 e. The van der Waals surface area contributed by atoms with Gasteiger partial charge < -0.3 is 0 Å². The molecule has 0 radical (unpaired) electrons. The first-order valence-electron chi connectivity index (χ1n) is 3.86. The summed E-state index contributed by atoms with van der Waals surface area (Å²) in [6.07, 6.45) is 0.949. The van der Waals surface area contributed by atoms with E-state index in [9.17, 15) is 4.79 Å². The maximum Gasteiger partial charge on any atom is 0.151 e. The van der Waals surface area contributed by atoms with Crippen LogP contribution >= 0.6 is 33.9 Å². The van der Waals surface area contributed by atoms with Crippen molar-refractivity contribution < 1.29 is 4.79 Å². The molecule has 0 spiro atoms. The van der Waals surface area contributed by atoms with Gasteiger partial charge in [0.2, 0.25) is 0 Å². The van der Waals surface area contributed by atoms with Crippen LogP contribution in [0.2, 0.25) is 0 Å². The van der Waals surface area contributed by atoms with Gasteiger partial charge in [0.05, 0.1) is 0 Å². The number of thiophene rings is 1. The summed E-state index contributed by atoms with van der Waals surface area (Å²) in [7, 11) is 0. The third-order valence-electron chi connectivity index (χ3n) is 1.99. The number of rotatable bonds is 1. The monoisotopic (exact) mass is 302 g/mol. The molecule has 0 aliphatic heterocycles. The number of carbonyl (C=O) groups excluding carboxylic acids is 1. The van der Waals surface area contributed by atoms with E-state index in [1.54, 1.807) is 11.3 Å². The molecule has 0 N–H and O–H groups in total. The molecular weight excluding hydrogens is 295 g/mol. The Labute approximate surface area is 93.9 Å². The fourth-order valence-electron chi connectivity index (χ4n) is 1.36. The fourth-order valence-corrected chi connectivity index (χ4v) is 2.86. The second-order valence-corrected chi connectivity index (χ2v) is 5.33. The van der Waals surface area contributed by atoms with E-state index in [1.807, 2.05) is 6.92 Å². The first-order valence-corrected chi connectivity index (χ1v) is 5.75. The maximum absolute atomic E-state index is 10.8. The van der Waals surface area contributed by atoms with E-state index in [0.717, 1.165) is 22.1 Å². The van der Waals surface area contributed by atoms with Crippen LogP contribution in [0, 0.1) is 10.5 Å². The largest absolute Gasteiger partial charge is 0.298 e. The van der Waals surface area contributed by atoms with Crippen molar-refractivity contribution in [2.24, 2.45) is 0 Å². The number of fused-ring (bicyclic) bond motifs is 1. The van der Waals surface area contributed by atoms with Crippen molar-refractivity contribution in [3.05, 3.63) is 32.2 Å². The molecule has 66 valence electrons. The standard InChI is InChI=1S/C10H7IOS/c1-6-9(5-12)8-4-7(11)2-3-10(8)13-6/h2-5H,1H3. The van der Waals surface area contributed by atoms with E-state index in [4.69, 9.17) is 0 Å². The van der Waals surface area contributed by atoms with Crippen molar-refractivity contribution in [1.29, 1.82) is 0 Å². The van der Waals surface area contributed by atoms with E-state index < -0.39 is 0 Å². The summed E-state index contributed by atoms with van der Waals surface area (Å²) >= 11 is 3.94. The maximum atomic E-state index is 10.8. The Bertz CT molecular complexity index is 473. The number of hydrogen-bond acceptors (Lipinski definition) is 2.